The minimum absolute atomic E-state index is 0.233. The number of hydrogen-bond acceptors (Lipinski definition) is 3. The lowest BCUT2D eigenvalue weighted by Gasteiger charge is -2.20. The Labute approximate surface area is 70.8 Å². The molecule has 1 rings (SSSR count). The molecule has 0 saturated carbocycles. The molecule has 0 unspecified atom stereocenters. The molecule has 70 valence electrons. The van der Waals surface area contributed by atoms with Crippen molar-refractivity contribution in [2.45, 2.75) is 25.0 Å². The Bertz CT molecular complexity index is 174. The van der Waals surface area contributed by atoms with Gasteiger partial charge in [0.05, 0.1) is 6.10 Å². The van der Waals surface area contributed by atoms with Gasteiger partial charge in [0.2, 0.25) is 0 Å². The third-order valence-electron chi connectivity index (χ3n) is 2.12. The van der Waals surface area contributed by atoms with Crippen molar-refractivity contribution in [2.75, 3.05) is 13.1 Å². The molecule has 1 aliphatic rings. The molecule has 12 heavy (non-hydrogen) atoms. The number of carboxylic acid groups (broad SMARTS) is 1. The van der Waals surface area contributed by atoms with Gasteiger partial charge in [-0.2, -0.15) is 0 Å². The third kappa shape index (κ3) is 2.09. The first kappa shape index (κ1) is 9.28. The summed E-state index contributed by atoms with van der Waals surface area (Å²) in [6.07, 6.45) is -0.250. The number of amides is 1. The van der Waals surface area contributed by atoms with E-state index < -0.39 is 18.2 Å². The van der Waals surface area contributed by atoms with Gasteiger partial charge in [0.25, 0.3) is 0 Å². The van der Waals surface area contributed by atoms with Crippen molar-refractivity contribution < 1.29 is 15.0 Å². The summed E-state index contributed by atoms with van der Waals surface area (Å²) in [5, 5.41) is 18.0. The van der Waals surface area contributed by atoms with Crippen molar-refractivity contribution in [3.05, 3.63) is 0 Å². The highest BCUT2D eigenvalue weighted by atomic mass is 16.4. The van der Waals surface area contributed by atoms with Crippen molar-refractivity contribution in [3.8, 4) is 0 Å². The molecule has 1 heterocycles. The molecule has 5 heteroatoms. The highest BCUT2D eigenvalue weighted by molar-refractivity contribution is 5.65. The minimum Gasteiger partial charge on any atom is -0.465 e. The molecule has 0 aromatic heterocycles. The number of aliphatic hydroxyl groups excluding tert-OH is 1. The number of nitrogens with zero attached hydrogens (tertiary/aromatic N) is 1. The van der Waals surface area contributed by atoms with Crippen LogP contribution in [0.4, 0.5) is 4.79 Å². The molecule has 0 bridgehead atoms. The third-order valence-corrected chi connectivity index (χ3v) is 2.12. The fourth-order valence-corrected chi connectivity index (χ4v) is 1.35. The van der Waals surface area contributed by atoms with Gasteiger partial charge < -0.3 is 20.8 Å². The summed E-state index contributed by atoms with van der Waals surface area (Å²) in [6, 6.07) is -0.441. The standard InChI is InChI=1S/C7H14N2O3/c8-5-4-9(7(11)12)3-1-2-6(5)10/h5-6,10H,1-4,8H2,(H,11,12)/t5-,6+/m1/s1. The van der Waals surface area contributed by atoms with Crippen LogP contribution >= 0.6 is 0 Å². The molecular formula is C7H14N2O3. The molecule has 0 spiro atoms. The van der Waals surface area contributed by atoms with Gasteiger partial charge in [-0.1, -0.05) is 0 Å². The van der Waals surface area contributed by atoms with Crippen LogP contribution in [0.2, 0.25) is 0 Å². The fraction of sp³-hybridized carbons (Fsp3) is 0.857. The van der Waals surface area contributed by atoms with Crippen LogP contribution in [0.1, 0.15) is 12.8 Å². The van der Waals surface area contributed by atoms with Crippen LogP contribution < -0.4 is 5.73 Å². The van der Waals surface area contributed by atoms with Crippen LogP contribution in [0.15, 0.2) is 0 Å². The summed E-state index contributed by atoms with van der Waals surface area (Å²) < 4.78 is 0. The topological polar surface area (TPSA) is 86.8 Å². The van der Waals surface area contributed by atoms with Crippen LogP contribution in [-0.2, 0) is 0 Å². The summed E-state index contributed by atoms with van der Waals surface area (Å²) in [7, 11) is 0. The van der Waals surface area contributed by atoms with E-state index in [2.05, 4.69) is 0 Å². The Balaban J connectivity index is 2.54. The number of hydrogen-bond donors (Lipinski definition) is 3. The van der Waals surface area contributed by atoms with Crippen molar-refractivity contribution in [1.29, 1.82) is 0 Å². The predicted molar refractivity (Wildman–Crippen MR) is 42.8 cm³/mol. The normalized spacial score (nSPS) is 31.3. The lowest BCUT2D eigenvalue weighted by atomic mass is 10.1. The Morgan fingerprint density at radius 3 is 2.83 bits per heavy atom. The molecule has 1 saturated heterocycles. The summed E-state index contributed by atoms with van der Waals surface area (Å²) >= 11 is 0. The fourth-order valence-electron chi connectivity index (χ4n) is 1.35. The Hall–Kier alpha value is -0.810. The quantitative estimate of drug-likeness (QED) is 0.460. The van der Waals surface area contributed by atoms with E-state index in [4.69, 9.17) is 10.8 Å². The van der Waals surface area contributed by atoms with Gasteiger partial charge >= 0.3 is 6.09 Å². The van der Waals surface area contributed by atoms with E-state index >= 15 is 0 Å². The maximum Gasteiger partial charge on any atom is 0.407 e. The second kappa shape index (κ2) is 3.73. The molecule has 5 nitrogen and oxygen atoms in total. The highest BCUT2D eigenvalue weighted by Gasteiger charge is 2.24. The zero-order valence-electron chi connectivity index (χ0n) is 6.81. The average molecular weight is 174 g/mol. The Kier molecular flexibility index (Phi) is 2.88. The van der Waals surface area contributed by atoms with E-state index in [-0.39, 0.29) is 6.54 Å². The summed E-state index contributed by atoms with van der Waals surface area (Å²) in [4.78, 5) is 11.8. The second-order valence-corrected chi connectivity index (χ2v) is 3.10. The van der Waals surface area contributed by atoms with E-state index in [1.54, 1.807) is 0 Å². The van der Waals surface area contributed by atoms with Crippen LogP contribution in [0.5, 0.6) is 0 Å². The summed E-state index contributed by atoms with van der Waals surface area (Å²) in [5.74, 6) is 0. The maximum absolute atomic E-state index is 10.5. The molecule has 0 radical (unpaired) electrons. The van der Waals surface area contributed by atoms with E-state index in [0.717, 1.165) is 0 Å². The first-order valence-corrected chi connectivity index (χ1v) is 4.03. The molecule has 0 aromatic rings. The smallest absolute Gasteiger partial charge is 0.407 e. The molecule has 4 N–H and O–H groups in total. The van der Waals surface area contributed by atoms with Crippen LogP contribution in [0.3, 0.4) is 0 Å². The average Bonchev–Trinajstić information content (AvgIpc) is 2.15. The SMILES string of the molecule is N[C@@H]1CN(C(=O)O)CCC[C@@H]1O. The van der Waals surface area contributed by atoms with E-state index in [1.807, 2.05) is 0 Å². The predicted octanol–water partition coefficient (Wildman–Crippen LogP) is -0.552. The molecule has 1 amide bonds. The molecular weight excluding hydrogens is 160 g/mol. The molecule has 2 atom stereocenters. The van der Waals surface area contributed by atoms with Gasteiger partial charge in [-0.15, -0.1) is 0 Å². The zero-order chi connectivity index (χ0) is 9.14. The Morgan fingerprint density at radius 1 is 1.58 bits per heavy atom. The summed E-state index contributed by atoms with van der Waals surface area (Å²) in [5.41, 5.74) is 5.55. The second-order valence-electron chi connectivity index (χ2n) is 3.10. The number of aliphatic hydroxyl groups is 1. The first-order valence-electron chi connectivity index (χ1n) is 4.03. The van der Waals surface area contributed by atoms with Crippen molar-refractivity contribution in [3.63, 3.8) is 0 Å². The van der Waals surface area contributed by atoms with Crippen molar-refractivity contribution >= 4 is 6.09 Å². The largest absolute Gasteiger partial charge is 0.465 e. The van der Waals surface area contributed by atoms with Gasteiger partial charge in [0.1, 0.15) is 0 Å². The maximum atomic E-state index is 10.5. The molecule has 1 aliphatic heterocycles. The number of carbonyl (C=O) groups is 1. The monoisotopic (exact) mass is 174 g/mol. The first-order chi connectivity index (χ1) is 5.61. The molecule has 1 fully saturated rings. The number of nitrogens with two attached hydrogens (primary N) is 1. The van der Waals surface area contributed by atoms with Crippen molar-refractivity contribution in [1.82, 2.24) is 4.90 Å². The number of likely N-dealkylation sites (tertiary alicyclic amines) is 1. The van der Waals surface area contributed by atoms with Crippen LogP contribution in [-0.4, -0.2) is 46.4 Å². The Morgan fingerprint density at radius 2 is 2.25 bits per heavy atom. The van der Waals surface area contributed by atoms with Gasteiger partial charge in [-0.25, -0.2) is 4.79 Å². The van der Waals surface area contributed by atoms with Crippen LogP contribution in [0.25, 0.3) is 0 Å². The van der Waals surface area contributed by atoms with Crippen LogP contribution in [0, 0.1) is 0 Å². The van der Waals surface area contributed by atoms with E-state index in [0.29, 0.717) is 19.4 Å². The lowest BCUT2D eigenvalue weighted by molar-refractivity contribution is 0.123. The van der Waals surface area contributed by atoms with Gasteiger partial charge in [-0.05, 0) is 12.8 Å². The summed E-state index contributed by atoms with van der Waals surface area (Å²) in [6.45, 7) is 0.705. The number of rotatable bonds is 0. The molecule has 0 aromatic carbocycles. The van der Waals surface area contributed by atoms with Gasteiger partial charge in [-0.3, -0.25) is 0 Å². The van der Waals surface area contributed by atoms with Gasteiger partial charge in [0, 0.05) is 19.1 Å². The van der Waals surface area contributed by atoms with E-state index in [9.17, 15) is 9.90 Å². The zero-order valence-corrected chi connectivity index (χ0v) is 6.81. The van der Waals surface area contributed by atoms with E-state index in [1.165, 1.54) is 4.90 Å². The van der Waals surface area contributed by atoms with Crippen molar-refractivity contribution in [2.24, 2.45) is 5.73 Å². The van der Waals surface area contributed by atoms with Gasteiger partial charge in [0.15, 0.2) is 0 Å². The lowest BCUT2D eigenvalue weighted by Crippen LogP contribution is -2.44. The molecule has 0 aliphatic carbocycles. The highest BCUT2D eigenvalue weighted by Crippen LogP contribution is 2.09. The minimum atomic E-state index is -0.959.